The molecule has 0 saturated heterocycles. The lowest BCUT2D eigenvalue weighted by atomic mass is 9.99. The molecule has 0 radical (unpaired) electrons. The number of aryl methyl sites for hydroxylation is 2. The van der Waals surface area contributed by atoms with Gasteiger partial charge in [-0.05, 0) is 66.3 Å². The molecule has 0 heterocycles. The molecule has 3 aromatic rings. The Labute approximate surface area is 241 Å². The summed E-state index contributed by atoms with van der Waals surface area (Å²) in [6.07, 6.45) is 3.12. The molecule has 0 fully saturated rings. The van der Waals surface area contributed by atoms with Gasteiger partial charge in [0.1, 0.15) is 17.3 Å². The molecule has 206 valence electrons. The zero-order valence-corrected chi connectivity index (χ0v) is 24.1. The molecule has 0 bridgehead atoms. The number of hydrogen-bond acceptors (Lipinski definition) is 5. The predicted octanol–water partition coefficient (Wildman–Crippen LogP) is 4.65. The van der Waals surface area contributed by atoms with E-state index < -0.39 is 34.4 Å². The number of carboxylic acid groups (broad SMARTS) is 1. The van der Waals surface area contributed by atoms with Crippen LogP contribution in [0.2, 0.25) is 5.02 Å². The highest BCUT2D eigenvalue weighted by atomic mass is 79.9. The van der Waals surface area contributed by atoms with Gasteiger partial charge in [-0.3, -0.25) is 9.59 Å². The maximum atomic E-state index is 13.6. The van der Waals surface area contributed by atoms with Crippen molar-refractivity contribution >= 4 is 49.4 Å². The molecule has 8 nitrogen and oxygen atoms in total. The van der Waals surface area contributed by atoms with Crippen LogP contribution in [0.1, 0.15) is 29.0 Å². The minimum atomic E-state index is -4.19. The second kappa shape index (κ2) is 13.0. The van der Waals surface area contributed by atoms with Crippen molar-refractivity contribution in [2.45, 2.75) is 30.1 Å². The highest BCUT2D eigenvalue weighted by molar-refractivity contribution is 9.10. The molecule has 0 spiro atoms. The summed E-state index contributed by atoms with van der Waals surface area (Å²) in [6.45, 7) is -0.860. The number of fused-ring (bicyclic) bond motifs is 1. The third-order valence-corrected chi connectivity index (χ3v) is 9.34. The van der Waals surface area contributed by atoms with E-state index in [2.05, 4.69) is 21.2 Å². The lowest BCUT2D eigenvalue weighted by Gasteiger charge is -2.23. The van der Waals surface area contributed by atoms with Crippen LogP contribution in [-0.2, 0) is 32.5 Å². The van der Waals surface area contributed by atoms with Gasteiger partial charge in [-0.25, -0.2) is 8.42 Å². The maximum absolute atomic E-state index is 13.6. The fraction of sp³-hybridized carbons (Fsp3) is 0.286. The first kappa shape index (κ1) is 29.1. The first-order valence-corrected chi connectivity index (χ1v) is 15.0. The molecule has 1 atom stereocenters. The molecule has 1 aliphatic carbocycles. The number of carboxylic acids is 1. The predicted molar refractivity (Wildman–Crippen MR) is 152 cm³/mol. The first-order valence-electron chi connectivity index (χ1n) is 12.4. The summed E-state index contributed by atoms with van der Waals surface area (Å²) < 4.78 is 34.6. The van der Waals surface area contributed by atoms with Crippen LogP contribution in [0.4, 0.5) is 0 Å². The molecule has 1 amide bonds. The average molecular weight is 636 g/mol. The van der Waals surface area contributed by atoms with Crippen LogP contribution in [0.5, 0.6) is 5.75 Å². The Morgan fingerprint density at radius 1 is 1.05 bits per heavy atom. The Bertz CT molecular complexity index is 1450. The Hall–Kier alpha value is -2.92. The molecule has 0 aliphatic heterocycles. The SMILES string of the molecule is O=C(CN(CCOc1ccc2c(c1)CCC2)S(=O)(=O)c1ccc(Br)cc1Cl)NCC(C(=O)O)c1ccccc1. The van der Waals surface area contributed by atoms with Gasteiger partial charge in [0, 0.05) is 17.6 Å². The fourth-order valence-corrected chi connectivity index (χ4v) is 6.87. The van der Waals surface area contributed by atoms with Gasteiger partial charge in [0.15, 0.2) is 0 Å². The Morgan fingerprint density at radius 2 is 1.79 bits per heavy atom. The standard InChI is InChI=1S/C28H28BrClN2O6S/c29-22-10-12-26(25(30)16-22)39(36,37)32(13-14-38-23-11-9-19-7-4-8-21(19)15-23)18-27(33)31-17-24(28(34)35)20-5-2-1-3-6-20/h1-3,5-6,9-12,15-16,24H,4,7-8,13-14,17-18H2,(H,31,33)(H,34,35). The van der Waals surface area contributed by atoms with E-state index in [1.807, 2.05) is 18.2 Å². The Morgan fingerprint density at radius 3 is 2.51 bits per heavy atom. The number of carbonyl (C=O) groups is 2. The lowest BCUT2D eigenvalue weighted by molar-refractivity contribution is -0.138. The van der Waals surface area contributed by atoms with Crippen LogP contribution >= 0.6 is 27.5 Å². The number of hydrogen-bond donors (Lipinski definition) is 2. The molecular weight excluding hydrogens is 608 g/mol. The van der Waals surface area contributed by atoms with Gasteiger partial charge in [-0.2, -0.15) is 4.31 Å². The average Bonchev–Trinajstić information content (AvgIpc) is 3.36. The van der Waals surface area contributed by atoms with Gasteiger partial charge in [0.2, 0.25) is 15.9 Å². The number of nitrogens with zero attached hydrogens (tertiary/aromatic N) is 1. The summed E-state index contributed by atoms with van der Waals surface area (Å²) in [5, 5.41) is 12.2. The molecule has 0 saturated carbocycles. The van der Waals surface area contributed by atoms with E-state index in [9.17, 15) is 23.1 Å². The number of carbonyl (C=O) groups excluding carboxylic acids is 1. The van der Waals surface area contributed by atoms with Gasteiger partial charge in [-0.1, -0.05) is 63.9 Å². The molecule has 0 aromatic heterocycles. The third-order valence-electron chi connectivity index (χ3n) is 6.51. The second-order valence-electron chi connectivity index (χ2n) is 9.15. The van der Waals surface area contributed by atoms with Gasteiger partial charge in [0.05, 0.1) is 17.5 Å². The summed E-state index contributed by atoms with van der Waals surface area (Å²) in [5.41, 5.74) is 3.05. The number of sulfonamides is 1. The fourth-order valence-electron chi connectivity index (χ4n) is 4.48. The second-order valence-corrected chi connectivity index (χ2v) is 12.4. The summed E-state index contributed by atoms with van der Waals surface area (Å²) in [7, 11) is -4.19. The zero-order valence-electron chi connectivity index (χ0n) is 21.0. The molecule has 4 rings (SSSR count). The molecule has 11 heteroatoms. The van der Waals surface area contributed by atoms with E-state index in [1.54, 1.807) is 36.4 Å². The number of benzene rings is 3. The van der Waals surface area contributed by atoms with Crippen molar-refractivity contribution in [1.82, 2.24) is 9.62 Å². The normalized spacial score (nSPS) is 13.6. The number of halogens is 2. The van der Waals surface area contributed by atoms with E-state index in [0.29, 0.717) is 15.8 Å². The molecular formula is C28H28BrClN2O6S. The molecule has 3 aromatic carbocycles. The number of ether oxygens (including phenoxy) is 1. The van der Waals surface area contributed by atoms with Crippen molar-refractivity contribution < 1.29 is 27.9 Å². The molecule has 1 aliphatic rings. The van der Waals surface area contributed by atoms with Gasteiger partial charge < -0.3 is 15.2 Å². The summed E-state index contributed by atoms with van der Waals surface area (Å²) >= 11 is 9.52. The van der Waals surface area contributed by atoms with Crippen molar-refractivity contribution in [2.75, 3.05) is 26.2 Å². The van der Waals surface area contributed by atoms with Gasteiger partial charge >= 0.3 is 5.97 Å². The third kappa shape index (κ3) is 7.39. The van der Waals surface area contributed by atoms with E-state index in [0.717, 1.165) is 23.6 Å². The molecule has 2 N–H and O–H groups in total. The van der Waals surface area contributed by atoms with Crippen LogP contribution in [0.25, 0.3) is 0 Å². The highest BCUT2D eigenvalue weighted by Gasteiger charge is 2.29. The van der Waals surface area contributed by atoms with Crippen LogP contribution < -0.4 is 10.1 Å². The van der Waals surface area contributed by atoms with Crippen molar-refractivity contribution in [1.29, 1.82) is 0 Å². The van der Waals surface area contributed by atoms with Crippen LogP contribution in [-0.4, -0.2) is 55.9 Å². The van der Waals surface area contributed by atoms with E-state index in [4.69, 9.17) is 16.3 Å². The van der Waals surface area contributed by atoms with Crippen LogP contribution in [0, 0.1) is 0 Å². The Balaban J connectivity index is 1.48. The van der Waals surface area contributed by atoms with Crippen LogP contribution in [0.15, 0.2) is 76.1 Å². The molecule has 39 heavy (non-hydrogen) atoms. The van der Waals surface area contributed by atoms with E-state index >= 15 is 0 Å². The first-order chi connectivity index (χ1) is 18.6. The molecule has 1 unspecified atom stereocenters. The summed E-state index contributed by atoms with van der Waals surface area (Å²) in [6, 6.07) is 18.7. The minimum absolute atomic E-state index is 0.00120. The van der Waals surface area contributed by atoms with E-state index in [1.165, 1.54) is 23.3 Å². The maximum Gasteiger partial charge on any atom is 0.312 e. The largest absolute Gasteiger partial charge is 0.492 e. The summed E-state index contributed by atoms with van der Waals surface area (Å²) in [4.78, 5) is 24.5. The quantitative estimate of drug-likeness (QED) is 0.300. The summed E-state index contributed by atoms with van der Waals surface area (Å²) in [5.74, 6) is -2.10. The monoisotopic (exact) mass is 634 g/mol. The van der Waals surface area contributed by atoms with Gasteiger partial charge in [0.25, 0.3) is 0 Å². The van der Waals surface area contributed by atoms with Crippen molar-refractivity contribution in [3.8, 4) is 5.75 Å². The van der Waals surface area contributed by atoms with Crippen molar-refractivity contribution in [3.05, 3.63) is 92.9 Å². The van der Waals surface area contributed by atoms with Crippen LogP contribution in [0.3, 0.4) is 0 Å². The lowest BCUT2D eigenvalue weighted by Crippen LogP contribution is -2.44. The van der Waals surface area contributed by atoms with Gasteiger partial charge in [-0.15, -0.1) is 0 Å². The minimum Gasteiger partial charge on any atom is -0.492 e. The zero-order chi connectivity index (χ0) is 28.0. The number of aliphatic carboxylic acids is 1. The van der Waals surface area contributed by atoms with Crippen molar-refractivity contribution in [2.24, 2.45) is 0 Å². The number of rotatable bonds is 12. The Kier molecular flexibility index (Phi) is 9.66. The smallest absolute Gasteiger partial charge is 0.312 e. The number of amides is 1. The highest BCUT2D eigenvalue weighted by Crippen LogP contribution is 2.29. The van der Waals surface area contributed by atoms with Crippen molar-refractivity contribution in [3.63, 3.8) is 0 Å². The number of nitrogens with one attached hydrogen (secondary N) is 1. The topological polar surface area (TPSA) is 113 Å². The van der Waals surface area contributed by atoms with E-state index in [-0.39, 0.29) is 29.6 Å².